The molecule has 1 saturated carbocycles. The number of nitrogens with zero attached hydrogens (tertiary/aromatic N) is 2. The molecule has 0 radical (unpaired) electrons. The molecule has 0 aromatic heterocycles. The molecule has 34 heavy (non-hydrogen) atoms. The third kappa shape index (κ3) is 8.60. The normalized spacial score (nSPS) is 15.0. The van der Waals surface area contributed by atoms with Gasteiger partial charge < -0.3 is 10.4 Å². The van der Waals surface area contributed by atoms with Gasteiger partial charge in [-0.05, 0) is 60.6 Å². The second kappa shape index (κ2) is 14.1. The number of phenolic OH excluding ortho intramolecular Hbond substituents is 1. The summed E-state index contributed by atoms with van der Waals surface area (Å²) in [5.41, 5.74) is 3.46. The number of hydrogen-bond donors (Lipinski definition) is 2. The van der Waals surface area contributed by atoms with Crippen LogP contribution in [0, 0.1) is 0 Å². The van der Waals surface area contributed by atoms with Crippen LogP contribution in [0.2, 0.25) is 0 Å². The van der Waals surface area contributed by atoms with Gasteiger partial charge in [-0.2, -0.15) is 4.58 Å². The van der Waals surface area contributed by atoms with Gasteiger partial charge in [0, 0.05) is 25.2 Å². The van der Waals surface area contributed by atoms with Crippen LogP contribution in [0.4, 0.5) is 0 Å². The first kappa shape index (κ1) is 27.0. The molecule has 4 rings (SSSR count). The van der Waals surface area contributed by atoms with Gasteiger partial charge in [-0.3, -0.25) is 9.69 Å². The highest BCUT2D eigenvalue weighted by Crippen LogP contribution is 2.39. The van der Waals surface area contributed by atoms with Crippen LogP contribution < -0.4 is 5.32 Å². The lowest BCUT2D eigenvalue weighted by molar-refractivity contribution is -0.446. The first-order chi connectivity index (χ1) is 16.5. The average molecular weight is 465 g/mol. The molecule has 2 aromatic carbocycles. The Balaban J connectivity index is 0.000000266. The molecule has 0 unspecified atom stereocenters. The minimum atomic E-state index is -0.148. The minimum absolute atomic E-state index is 0.00492. The van der Waals surface area contributed by atoms with Crippen molar-refractivity contribution in [2.45, 2.75) is 39.0 Å². The quantitative estimate of drug-likeness (QED) is 0.501. The summed E-state index contributed by atoms with van der Waals surface area (Å²) < 4.78 is 1.76. The topological polar surface area (TPSA) is 72.7 Å². The third-order valence-corrected chi connectivity index (χ3v) is 5.78. The van der Waals surface area contributed by atoms with Crippen molar-refractivity contribution in [2.24, 2.45) is 0 Å². The molecule has 1 aliphatic carbocycles. The Hall–Kier alpha value is -3.25. The molecule has 6 nitrogen and oxygen atoms in total. The van der Waals surface area contributed by atoms with Gasteiger partial charge >= 0.3 is 5.91 Å². The number of hydrogen-bond acceptors (Lipinski definition) is 4. The van der Waals surface area contributed by atoms with E-state index in [4.69, 9.17) is 5.11 Å². The maximum atomic E-state index is 11.5. The van der Waals surface area contributed by atoms with Crippen molar-refractivity contribution < 1.29 is 19.3 Å². The Morgan fingerprint density at radius 2 is 1.76 bits per heavy atom. The highest BCUT2D eigenvalue weighted by molar-refractivity contribution is 5.94. The van der Waals surface area contributed by atoms with E-state index in [9.17, 15) is 9.59 Å². The van der Waals surface area contributed by atoms with E-state index in [1.165, 1.54) is 42.2 Å². The Kier molecular flexibility index (Phi) is 11.2. The number of benzene rings is 2. The standard InChI is InChI=1S/C18H23N2O.C8H9NO2.C2H6/c1-2-18(21)20-13-11-19(12-14-20)10-9-15-3-5-16(6-4-15)17-7-8-17;1-9-8(11)6-2-4-7(10)5-3-6;1-2/h2-6,13,17H,1,7-12,14H2;2-5,10H,1H3,(H,9,11);1-2H3/q+1;;. The zero-order chi connectivity index (χ0) is 24.9. The fourth-order valence-corrected chi connectivity index (χ4v) is 3.58. The van der Waals surface area contributed by atoms with Crippen molar-refractivity contribution in [1.29, 1.82) is 0 Å². The van der Waals surface area contributed by atoms with Crippen molar-refractivity contribution in [3.63, 3.8) is 0 Å². The van der Waals surface area contributed by atoms with E-state index in [0.717, 1.165) is 38.5 Å². The number of rotatable bonds is 6. The van der Waals surface area contributed by atoms with Crippen molar-refractivity contribution in [2.75, 3.05) is 33.2 Å². The van der Waals surface area contributed by atoms with Gasteiger partial charge in [0.2, 0.25) is 0 Å². The monoisotopic (exact) mass is 464 g/mol. The molecule has 182 valence electrons. The Bertz CT molecular complexity index is 961. The lowest BCUT2D eigenvalue weighted by atomic mass is 10.1. The number of carbonyl (C=O) groups is 2. The predicted octanol–water partition coefficient (Wildman–Crippen LogP) is 4.00. The van der Waals surface area contributed by atoms with Gasteiger partial charge in [0.1, 0.15) is 5.75 Å². The number of carbonyl (C=O) groups excluding carboxylic acids is 2. The van der Waals surface area contributed by atoms with Crippen molar-refractivity contribution in [3.05, 3.63) is 77.9 Å². The number of phenols is 1. The van der Waals surface area contributed by atoms with E-state index in [1.54, 1.807) is 23.8 Å². The van der Waals surface area contributed by atoms with Gasteiger partial charge in [-0.1, -0.05) is 44.7 Å². The van der Waals surface area contributed by atoms with Gasteiger partial charge in [-0.25, -0.2) is 4.79 Å². The molecular formula is C28H38N3O3+. The summed E-state index contributed by atoms with van der Waals surface area (Å²) >= 11 is 0. The fourth-order valence-electron chi connectivity index (χ4n) is 3.58. The Morgan fingerprint density at radius 1 is 1.12 bits per heavy atom. The lowest BCUT2D eigenvalue weighted by Gasteiger charge is -2.21. The molecule has 0 spiro atoms. The molecule has 1 heterocycles. The molecule has 1 fully saturated rings. The van der Waals surface area contributed by atoms with Crippen molar-refractivity contribution >= 4 is 18.0 Å². The number of nitrogens with one attached hydrogen (secondary N) is 1. The van der Waals surface area contributed by atoms with Crippen LogP contribution in [0.1, 0.15) is 54.1 Å². The number of amides is 2. The zero-order valence-electron chi connectivity index (χ0n) is 20.7. The molecule has 2 amide bonds. The predicted molar refractivity (Wildman–Crippen MR) is 138 cm³/mol. The fraction of sp³-hybridized carbons (Fsp3) is 0.393. The largest absolute Gasteiger partial charge is 0.508 e. The third-order valence-electron chi connectivity index (χ3n) is 5.78. The van der Waals surface area contributed by atoms with Crippen LogP contribution in [0.3, 0.4) is 0 Å². The molecule has 1 aliphatic heterocycles. The molecule has 0 saturated heterocycles. The summed E-state index contributed by atoms with van der Waals surface area (Å²) in [5.74, 6) is 0.858. The van der Waals surface area contributed by atoms with Gasteiger partial charge in [0.25, 0.3) is 5.91 Å². The van der Waals surface area contributed by atoms with Crippen LogP contribution in [-0.4, -0.2) is 65.8 Å². The van der Waals surface area contributed by atoms with Crippen LogP contribution in [-0.2, 0) is 11.2 Å². The van der Waals surface area contributed by atoms with Gasteiger partial charge in [0.15, 0.2) is 12.8 Å². The summed E-state index contributed by atoms with van der Waals surface area (Å²) in [4.78, 5) is 24.8. The van der Waals surface area contributed by atoms with Gasteiger partial charge in [0.05, 0.1) is 13.1 Å². The summed E-state index contributed by atoms with van der Waals surface area (Å²) in [6, 6.07) is 15.2. The first-order valence-electron chi connectivity index (χ1n) is 12.1. The maximum absolute atomic E-state index is 11.5. The van der Waals surface area contributed by atoms with E-state index < -0.39 is 0 Å². The van der Waals surface area contributed by atoms with E-state index in [1.807, 2.05) is 20.1 Å². The smallest absolute Gasteiger partial charge is 0.411 e. The highest BCUT2D eigenvalue weighted by Gasteiger charge is 2.23. The van der Waals surface area contributed by atoms with E-state index in [0.29, 0.717) is 5.56 Å². The Labute approximate surface area is 203 Å². The van der Waals surface area contributed by atoms with E-state index >= 15 is 0 Å². The lowest BCUT2D eigenvalue weighted by Crippen LogP contribution is -2.42. The SMILES string of the molecule is C=CC(=O)[N+]1=CCN(CCc2ccc(C3CC3)cc2)CC1.CC.CNC(=O)c1ccc(O)cc1. The van der Waals surface area contributed by atoms with Crippen LogP contribution in [0.15, 0.2) is 61.2 Å². The molecule has 0 atom stereocenters. The first-order valence-corrected chi connectivity index (χ1v) is 12.1. The maximum Gasteiger partial charge on any atom is 0.411 e. The van der Waals surface area contributed by atoms with Crippen LogP contribution in [0.25, 0.3) is 0 Å². The summed E-state index contributed by atoms with van der Waals surface area (Å²) in [6.45, 7) is 11.1. The molecule has 2 N–H and O–H groups in total. The molecular weight excluding hydrogens is 426 g/mol. The second-order valence-electron chi connectivity index (χ2n) is 8.11. The summed E-state index contributed by atoms with van der Waals surface area (Å²) in [5, 5.41) is 11.4. The van der Waals surface area contributed by atoms with E-state index in [2.05, 4.69) is 41.1 Å². The molecule has 2 aliphatic rings. The molecule has 2 aromatic rings. The summed E-state index contributed by atoms with van der Waals surface area (Å²) in [6.07, 6.45) is 7.16. The number of aromatic hydroxyl groups is 1. The Morgan fingerprint density at radius 3 is 2.26 bits per heavy atom. The van der Waals surface area contributed by atoms with Crippen LogP contribution in [0.5, 0.6) is 5.75 Å². The molecule has 6 heteroatoms. The van der Waals surface area contributed by atoms with Crippen LogP contribution >= 0.6 is 0 Å². The summed E-state index contributed by atoms with van der Waals surface area (Å²) in [7, 11) is 1.56. The second-order valence-corrected chi connectivity index (χ2v) is 8.11. The van der Waals surface area contributed by atoms with Crippen molar-refractivity contribution in [3.8, 4) is 5.75 Å². The minimum Gasteiger partial charge on any atom is -0.508 e. The van der Waals surface area contributed by atoms with E-state index in [-0.39, 0.29) is 17.6 Å². The average Bonchev–Trinajstić information content (AvgIpc) is 3.75. The van der Waals surface area contributed by atoms with Gasteiger partial charge in [-0.15, -0.1) is 0 Å². The highest BCUT2D eigenvalue weighted by atomic mass is 16.3. The molecule has 0 bridgehead atoms. The van der Waals surface area contributed by atoms with Crippen molar-refractivity contribution in [1.82, 2.24) is 10.2 Å². The zero-order valence-corrected chi connectivity index (χ0v) is 20.7.